The van der Waals surface area contributed by atoms with Crippen molar-refractivity contribution in [1.29, 1.82) is 0 Å². The highest BCUT2D eigenvalue weighted by atomic mass is 79.9. The molecule has 0 fully saturated rings. The number of anilines is 2. The van der Waals surface area contributed by atoms with Gasteiger partial charge >= 0.3 is 0 Å². The summed E-state index contributed by atoms with van der Waals surface area (Å²) in [6.07, 6.45) is 0. The molecular weight excluding hydrogens is 256 g/mol. The molecule has 1 aromatic carbocycles. The average Bonchev–Trinajstić information content (AvgIpc) is 2.27. The third-order valence-electron chi connectivity index (χ3n) is 2.57. The number of fused-ring (bicyclic) bond motifs is 1. The van der Waals surface area contributed by atoms with E-state index in [1.165, 1.54) is 0 Å². The third-order valence-corrected chi connectivity index (χ3v) is 3.06. The van der Waals surface area contributed by atoms with Crippen LogP contribution in [0, 0.1) is 5.41 Å². The molecule has 1 aromatic rings. The highest BCUT2D eigenvalue weighted by Crippen LogP contribution is 2.31. The van der Waals surface area contributed by atoms with Crippen LogP contribution in [0.2, 0.25) is 0 Å². The van der Waals surface area contributed by atoms with E-state index in [-0.39, 0.29) is 11.3 Å². The molecule has 80 valence electrons. The Morgan fingerprint density at radius 1 is 1.33 bits per heavy atom. The van der Waals surface area contributed by atoms with E-state index in [1.54, 1.807) is 0 Å². The van der Waals surface area contributed by atoms with Crippen molar-refractivity contribution in [2.75, 3.05) is 17.2 Å². The van der Waals surface area contributed by atoms with E-state index in [9.17, 15) is 4.79 Å². The largest absolute Gasteiger partial charge is 0.382 e. The second-order valence-corrected chi connectivity index (χ2v) is 5.30. The second kappa shape index (κ2) is 3.52. The molecular formula is C11H13BrN2O. The first-order valence-electron chi connectivity index (χ1n) is 4.84. The Hall–Kier alpha value is -1.03. The van der Waals surface area contributed by atoms with Crippen LogP contribution >= 0.6 is 15.9 Å². The summed E-state index contributed by atoms with van der Waals surface area (Å²) in [7, 11) is 0. The van der Waals surface area contributed by atoms with Gasteiger partial charge in [0.2, 0.25) is 5.91 Å². The molecule has 2 rings (SSSR count). The Bertz CT molecular complexity index is 415. The zero-order chi connectivity index (χ0) is 11.1. The van der Waals surface area contributed by atoms with Crippen LogP contribution in [0.1, 0.15) is 13.8 Å². The van der Waals surface area contributed by atoms with Crippen LogP contribution in [-0.4, -0.2) is 12.5 Å². The number of amides is 1. The van der Waals surface area contributed by atoms with Gasteiger partial charge in [0.15, 0.2) is 0 Å². The summed E-state index contributed by atoms with van der Waals surface area (Å²) in [4.78, 5) is 11.8. The van der Waals surface area contributed by atoms with Crippen molar-refractivity contribution in [2.45, 2.75) is 13.8 Å². The first-order valence-corrected chi connectivity index (χ1v) is 5.63. The fourth-order valence-electron chi connectivity index (χ4n) is 1.46. The van der Waals surface area contributed by atoms with Crippen LogP contribution in [0.4, 0.5) is 11.4 Å². The van der Waals surface area contributed by atoms with Crippen molar-refractivity contribution in [1.82, 2.24) is 0 Å². The highest BCUT2D eigenvalue weighted by Gasteiger charge is 2.30. The third kappa shape index (κ3) is 2.00. The minimum Gasteiger partial charge on any atom is -0.382 e. The molecule has 1 amide bonds. The number of nitrogens with one attached hydrogen (secondary N) is 2. The summed E-state index contributed by atoms with van der Waals surface area (Å²) in [5.74, 6) is 0.0519. The molecule has 0 aromatic heterocycles. The number of carbonyl (C=O) groups is 1. The SMILES string of the molecule is CC1(C)CNc2cc(Br)ccc2NC1=O. The Morgan fingerprint density at radius 2 is 2.07 bits per heavy atom. The summed E-state index contributed by atoms with van der Waals surface area (Å²) >= 11 is 3.41. The summed E-state index contributed by atoms with van der Waals surface area (Å²) in [5.41, 5.74) is 1.42. The molecule has 1 aliphatic rings. The van der Waals surface area contributed by atoms with Gasteiger partial charge in [-0.25, -0.2) is 0 Å². The molecule has 15 heavy (non-hydrogen) atoms. The van der Waals surface area contributed by atoms with Gasteiger partial charge in [0, 0.05) is 11.0 Å². The fourth-order valence-corrected chi connectivity index (χ4v) is 1.82. The van der Waals surface area contributed by atoms with E-state index in [2.05, 4.69) is 26.6 Å². The number of hydrogen-bond acceptors (Lipinski definition) is 2. The number of rotatable bonds is 0. The van der Waals surface area contributed by atoms with E-state index >= 15 is 0 Å². The molecule has 0 spiro atoms. The van der Waals surface area contributed by atoms with Gasteiger partial charge in [0.1, 0.15) is 0 Å². The molecule has 0 unspecified atom stereocenters. The molecule has 0 bridgehead atoms. The van der Waals surface area contributed by atoms with Crippen molar-refractivity contribution in [2.24, 2.45) is 5.41 Å². The summed E-state index contributed by atoms with van der Waals surface area (Å²) in [6, 6.07) is 5.78. The molecule has 0 aliphatic carbocycles. The summed E-state index contributed by atoms with van der Waals surface area (Å²) in [5, 5.41) is 6.19. The minimum absolute atomic E-state index is 0.0519. The van der Waals surface area contributed by atoms with Crippen LogP contribution < -0.4 is 10.6 Å². The lowest BCUT2D eigenvalue weighted by atomic mass is 9.93. The normalized spacial score (nSPS) is 18.5. The number of halogens is 1. The number of hydrogen-bond donors (Lipinski definition) is 2. The van der Waals surface area contributed by atoms with E-state index in [1.807, 2.05) is 32.0 Å². The quantitative estimate of drug-likeness (QED) is 0.760. The molecule has 1 aliphatic heterocycles. The van der Waals surface area contributed by atoms with Gasteiger partial charge in [-0.3, -0.25) is 4.79 Å². The molecule has 2 N–H and O–H groups in total. The summed E-state index contributed by atoms with van der Waals surface area (Å²) in [6.45, 7) is 4.49. The van der Waals surface area contributed by atoms with E-state index in [0.717, 1.165) is 15.8 Å². The van der Waals surface area contributed by atoms with Crippen LogP contribution in [0.3, 0.4) is 0 Å². The highest BCUT2D eigenvalue weighted by molar-refractivity contribution is 9.10. The lowest BCUT2D eigenvalue weighted by Crippen LogP contribution is -2.34. The molecule has 0 saturated carbocycles. The van der Waals surface area contributed by atoms with Gasteiger partial charge in [-0.2, -0.15) is 0 Å². The van der Waals surface area contributed by atoms with Gasteiger partial charge in [-0.05, 0) is 32.0 Å². The lowest BCUT2D eigenvalue weighted by Gasteiger charge is -2.19. The lowest BCUT2D eigenvalue weighted by molar-refractivity contribution is -0.123. The molecule has 0 atom stereocenters. The van der Waals surface area contributed by atoms with Gasteiger partial charge in [0.25, 0.3) is 0 Å². The average molecular weight is 269 g/mol. The van der Waals surface area contributed by atoms with Crippen molar-refractivity contribution < 1.29 is 4.79 Å². The topological polar surface area (TPSA) is 41.1 Å². The first kappa shape index (κ1) is 10.5. The maximum atomic E-state index is 11.8. The van der Waals surface area contributed by atoms with E-state index in [0.29, 0.717) is 6.54 Å². The van der Waals surface area contributed by atoms with Gasteiger partial charge < -0.3 is 10.6 Å². The molecule has 3 nitrogen and oxygen atoms in total. The second-order valence-electron chi connectivity index (χ2n) is 4.38. The monoisotopic (exact) mass is 268 g/mol. The molecule has 0 radical (unpaired) electrons. The minimum atomic E-state index is -0.383. The van der Waals surface area contributed by atoms with Crippen LogP contribution in [0.5, 0.6) is 0 Å². The predicted octanol–water partition coefficient (Wildman–Crippen LogP) is 2.84. The Labute approximate surface area is 97.4 Å². The zero-order valence-corrected chi connectivity index (χ0v) is 10.3. The maximum Gasteiger partial charge on any atom is 0.231 e. The summed E-state index contributed by atoms with van der Waals surface area (Å²) < 4.78 is 1.00. The smallest absolute Gasteiger partial charge is 0.231 e. The Kier molecular flexibility index (Phi) is 2.46. The van der Waals surface area contributed by atoms with Crippen molar-refractivity contribution in [3.05, 3.63) is 22.7 Å². The predicted molar refractivity (Wildman–Crippen MR) is 65.0 cm³/mol. The van der Waals surface area contributed by atoms with Crippen LogP contribution in [-0.2, 0) is 4.79 Å². The van der Waals surface area contributed by atoms with Crippen LogP contribution in [0.15, 0.2) is 22.7 Å². The molecule has 1 heterocycles. The first-order chi connectivity index (χ1) is 6.99. The number of benzene rings is 1. The standard InChI is InChI=1S/C11H13BrN2O/c1-11(2)6-13-9-5-7(12)3-4-8(9)14-10(11)15/h3-5,13H,6H2,1-2H3,(H,14,15). The van der Waals surface area contributed by atoms with Gasteiger partial charge in [-0.15, -0.1) is 0 Å². The van der Waals surface area contributed by atoms with Gasteiger partial charge in [-0.1, -0.05) is 15.9 Å². The van der Waals surface area contributed by atoms with Crippen molar-refractivity contribution in [3.63, 3.8) is 0 Å². The van der Waals surface area contributed by atoms with E-state index < -0.39 is 0 Å². The zero-order valence-electron chi connectivity index (χ0n) is 8.73. The van der Waals surface area contributed by atoms with Crippen molar-refractivity contribution in [3.8, 4) is 0 Å². The maximum absolute atomic E-state index is 11.8. The fraction of sp³-hybridized carbons (Fsp3) is 0.364. The number of carbonyl (C=O) groups excluding carboxylic acids is 1. The molecule has 0 saturated heterocycles. The van der Waals surface area contributed by atoms with Crippen LogP contribution in [0.25, 0.3) is 0 Å². The Morgan fingerprint density at radius 3 is 2.80 bits per heavy atom. The van der Waals surface area contributed by atoms with E-state index in [4.69, 9.17) is 0 Å². The molecule has 4 heteroatoms. The Balaban J connectivity index is 2.40. The van der Waals surface area contributed by atoms with Crippen molar-refractivity contribution >= 4 is 33.2 Å². The van der Waals surface area contributed by atoms with Gasteiger partial charge in [0.05, 0.1) is 16.8 Å².